The third kappa shape index (κ3) is 5.91. The van der Waals surface area contributed by atoms with Crippen LogP contribution in [0.1, 0.15) is 25.3 Å². The molecule has 0 aliphatic heterocycles. The Labute approximate surface area is 173 Å². The standard InChI is InChI=1S/C21H23ClN2O3S/c1-2-26-20(25)14-15-9-10-19(16(22)13-15)27-11-5-6-12-28-21-23-17-7-3-4-8-18(17)24-21/h3-4,7-10,13H,2,5-6,11-12,14H2,1H3,(H,23,24). The van der Waals surface area contributed by atoms with Crippen molar-refractivity contribution >= 4 is 40.4 Å². The number of unbranched alkanes of at least 4 members (excludes halogenated alkanes) is 1. The number of thioether (sulfide) groups is 1. The molecule has 0 atom stereocenters. The maximum Gasteiger partial charge on any atom is 0.310 e. The quantitative estimate of drug-likeness (QED) is 0.276. The summed E-state index contributed by atoms with van der Waals surface area (Å²) in [6.07, 6.45) is 2.15. The van der Waals surface area contributed by atoms with E-state index in [0.717, 1.165) is 40.3 Å². The highest BCUT2D eigenvalue weighted by Crippen LogP contribution is 2.26. The van der Waals surface area contributed by atoms with Crippen molar-refractivity contribution < 1.29 is 14.3 Å². The Morgan fingerprint density at radius 2 is 2.07 bits per heavy atom. The number of hydrogen-bond acceptors (Lipinski definition) is 5. The summed E-state index contributed by atoms with van der Waals surface area (Å²) in [5, 5.41) is 1.46. The molecule has 28 heavy (non-hydrogen) atoms. The molecule has 0 bridgehead atoms. The molecule has 0 radical (unpaired) electrons. The summed E-state index contributed by atoms with van der Waals surface area (Å²) in [5.41, 5.74) is 2.88. The fourth-order valence-corrected chi connectivity index (χ4v) is 3.85. The molecule has 5 nitrogen and oxygen atoms in total. The lowest BCUT2D eigenvalue weighted by Gasteiger charge is -2.09. The molecule has 0 saturated carbocycles. The molecular formula is C21H23ClN2O3S. The normalized spacial score (nSPS) is 10.9. The van der Waals surface area contributed by atoms with Gasteiger partial charge in [-0.1, -0.05) is 41.6 Å². The van der Waals surface area contributed by atoms with E-state index < -0.39 is 0 Å². The summed E-state index contributed by atoms with van der Waals surface area (Å²) < 4.78 is 10.7. The highest BCUT2D eigenvalue weighted by atomic mass is 35.5. The lowest BCUT2D eigenvalue weighted by atomic mass is 10.1. The molecule has 1 aromatic heterocycles. The van der Waals surface area contributed by atoms with Gasteiger partial charge in [-0.25, -0.2) is 4.98 Å². The SMILES string of the molecule is CCOC(=O)Cc1ccc(OCCCCSc2nc3ccccc3[nH]2)c(Cl)c1. The number of carbonyl (C=O) groups excluding carboxylic acids is 1. The maximum absolute atomic E-state index is 11.5. The van der Waals surface area contributed by atoms with Crippen molar-refractivity contribution in [3.8, 4) is 5.75 Å². The van der Waals surface area contributed by atoms with Crippen LogP contribution in [0.2, 0.25) is 5.02 Å². The van der Waals surface area contributed by atoms with E-state index in [2.05, 4.69) is 9.97 Å². The topological polar surface area (TPSA) is 64.2 Å². The van der Waals surface area contributed by atoms with Crippen molar-refractivity contribution in [1.29, 1.82) is 0 Å². The smallest absolute Gasteiger partial charge is 0.310 e. The van der Waals surface area contributed by atoms with Crippen LogP contribution in [0.3, 0.4) is 0 Å². The van der Waals surface area contributed by atoms with Crippen LogP contribution in [-0.4, -0.2) is 34.9 Å². The number of H-pyrrole nitrogens is 1. The first-order chi connectivity index (χ1) is 13.7. The Morgan fingerprint density at radius 1 is 1.21 bits per heavy atom. The molecule has 0 spiro atoms. The van der Waals surface area contributed by atoms with E-state index in [0.29, 0.717) is 24.0 Å². The molecule has 3 aromatic rings. The van der Waals surface area contributed by atoms with Crippen molar-refractivity contribution in [2.45, 2.75) is 31.3 Å². The minimum absolute atomic E-state index is 0.215. The Balaban J connectivity index is 1.37. The molecule has 0 fully saturated rings. The predicted octanol–water partition coefficient (Wildman–Crippen LogP) is 5.27. The number of nitrogens with one attached hydrogen (secondary N) is 1. The molecule has 0 unspecified atom stereocenters. The van der Waals surface area contributed by atoms with E-state index >= 15 is 0 Å². The predicted molar refractivity (Wildman–Crippen MR) is 113 cm³/mol. The highest BCUT2D eigenvalue weighted by Gasteiger charge is 2.08. The van der Waals surface area contributed by atoms with Gasteiger partial charge in [0.15, 0.2) is 5.16 Å². The van der Waals surface area contributed by atoms with Gasteiger partial charge in [0.05, 0.1) is 35.7 Å². The number of imidazole rings is 1. The summed E-state index contributed by atoms with van der Waals surface area (Å²) >= 11 is 7.97. The number of aromatic amines is 1. The molecule has 0 aliphatic rings. The fourth-order valence-electron chi connectivity index (χ4n) is 2.70. The van der Waals surface area contributed by atoms with E-state index in [1.165, 1.54) is 0 Å². The second-order valence-electron chi connectivity index (χ2n) is 6.21. The second kappa shape index (κ2) is 10.4. The minimum atomic E-state index is -0.255. The lowest BCUT2D eigenvalue weighted by molar-refractivity contribution is -0.142. The Hall–Kier alpha value is -2.18. The summed E-state index contributed by atoms with van der Waals surface area (Å²) in [6, 6.07) is 13.4. The van der Waals surface area contributed by atoms with Gasteiger partial charge in [-0.2, -0.15) is 0 Å². The Bertz CT molecular complexity index is 896. The van der Waals surface area contributed by atoms with Crippen LogP contribution in [0.15, 0.2) is 47.6 Å². The number of aromatic nitrogens is 2. The van der Waals surface area contributed by atoms with Gasteiger partial charge in [0.1, 0.15) is 5.75 Å². The summed E-state index contributed by atoms with van der Waals surface area (Å²) in [6.45, 7) is 2.76. The average Bonchev–Trinajstić information content (AvgIpc) is 3.09. The number of hydrogen-bond donors (Lipinski definition) is 1. The summed E-state index contributed by atoms with van der Waals surface area (Å²) in [4.78, 5) is 19.4. The zero-order valence-electron chi connectivity index (χ0n) is 15.7. The van der Waals surface area contributed by atoms with Crippen LogP contribution in [0.5, 0.6) is 5.75 Å². The third-order valence-corrected chi connectivity index (χ3v) is 5.31. The van der Waals surface area contributed by atoms with Crippen molar-refractivity contribution in [3.05, 3.63) is 53.1 Å². The van der Waals surface area contributed by atoms with Crippen molar-refractivity contribution in [1.82, 2.24) is 9.97 Å². The summed E-state index contributed by atoms with van der Waals surface area (Å²) in [7, 11) is 0. The first-order valence-electron chi connectivity index (χ1n) is 9.30. The second-order valence-corrected chi connectivity index (χ2v) is 7.70. The van der Waals surface area contributed by atoms with Crippen LogP contribution in [0.25, 0.3) is 11.0 Å². The highest BCUT2D eigenvalue weighted by molar-refractivity contribution is 7.99. The average molecular weight is 419 g/mol. The first-order valence-corrected chi connectivity index (χ1v) is 10.7. The monoisotopic (exact) mass is 418 g/mol. The van der Waals surface area contributed by atoms with Crippen LogP contribution in [-0.2, 0) is 16.0 Å². The molecule has 2 aromatic carbocycles. The zero-order valence-corrected chi connectivity index (χ0v) is 17.3. The van der Waals surface area contributed by atoms with Crippen LogP contribution < -0.4 is 4.74 Å². The van der Waals surface area contributed by atoms with Crippen LogP contribution in [0, 0.1) is 0 Å². The maximum atomic E-state index is 11.5. The molecular weight excluding hydrogens is 396 g/mol. The van der Waals surface area contributed by atoms with E-state index in [1.807, 2.05) is 30.3 Å². The molecule has 0 aliphatic carbocycles. The molecule has 3 rings (SSSR count). The van der Waals surface area contributed by atoms with Gasteiger partial charge in [-0.05, 0) is 49.6 Å². The molecule has 148 valence electrons. The number of esters is 1. The molecule has 1 heterocycles. The van der Waals surface area contributed by atoms with Gasteiger partial charge >= 0.3 is 5.97 Å². The molecule has 1 N–H and O–H groups in total. The van der Waals surface area contributed by atoms with Gasteiger partial charge in [0.2, 0.25) is 0 Å². The number of benzene rings is 2. The van der Waals surface area contributed by atoms with E-state index in [1.54, 1.807) is 30.8 Å². The van der Waals surface area contributed by atoms with E-state index in [9.17, 15) is 4.79 Å². The van der Waals surface area contributed by atoms with E-state index in [4.69, 9.17) is 21.1 Å². The van der Waals surface area contributed by atoms with Crippen molar-refractivity contribution in [2.75, 3.05) is 19.0 Å². The van der Waals surface area contributed by atoms with Crippen LogP contribution in [0.4, 0.5) is 0 Å². The number of fused-ring (bicyclic) bond motifs is 1. The van der Waals surface area contributed by atoms with Gasteiger partial charge < -0.3 is 14.5 Å². The van der Waals surface area contributed by atoms with Gasteiger partial charge in [0, 0.05) is 5.75 Å². The van der Waals surface area contributed by atoms with Crippen LogP contribution >= 0.6 is 23.4 Å². The molecule has 7 heteroatoms. The van der Waals surface area contributed by atoms with E-state index in [-0.39, 0.29) is 12.4 Å². The zero-order chi connectivity index (χ0) is 19.8. The molecule has 0 amide bonds. The number of halogens is 1. The Kier molecular flexibility index (Phi) is 7.62. The van der Waals surface area contributed by atoms with Gasteiger partial charge in [0.25, 0.3) is 0 Å². The Morgan fingerprint density at radius 3 is 2.86 bits per heavy atom. The van der Waals surface area contributed by atoms with Gasteiger partial charge in [-0.3, -0.25) is 4.79 Å². The summed E-state index contributed by atoms with van der Waals surface area (Å²) in [5.74, 6) is 1.35. The fraction of sp³-hybridized carbons (Fsp3) is 0.333. The van der Waals surface area contributed by atoms with Crippen molar-refractivity contribution in [2.24, 2.45) is 0 Å². The first kappa shape index (κ1) is 20.6. The van der Waals surface area contributed by atoms with Crippen molar-refractivity contribution in [3.63, 3.8) is 0 Å². The number of carbonyl (C=O) groups is 1. The number of rotatable bonds is 10. The minimum Gasteiger partial charge on any atom is -0.492 e. The largest absolute Gasteiger partial charge is 0.492 e. The van der Waals surface area contributed by atoms with Gasteiger partial charge in [-0.15, -0.1) is 0 Å². The molecule has 0 saturated heterocycles. The lowest BCUT2D eigenvalue weighted by Crippen LogP contribution is -2.07. The third-order valence-electron chi connectivity index (χ3n) is 4.05. The number of ether oxygens (including phenoxy) is 2. The number of para-hydroxylation sites is 2. The number of nitrogens with zero attached hydrogens (tertiary/aromatic N) is 1.